The Labute approximate surface area is 177 Å². The van der Waals surface area contributed by atoms with Crippen molar-refractivity contribution in [1.82, 2.24) is 5.01 Å². The zero-order valence-corrected chi connectivity index (χ0v) is 17.6. The fraction of sp³-hybridized carbons (Fsp3) is 0.143. The second-order valence-electron chi connectivity index (χ2n) is 6.90. The maximum absolute atomic E-state index is 13.4. The first-order valence-electron chi connectivity index (χ1n) is 9.08. The van der Waals surface area contributed by atoms with E-state index in [0.717, 1.165) is 11.8 Å². The normalized spacial score (nSPS) is 16.4. The summed E-state index contributed by atoms with van der Waals surface area (Å²) >= 11 is 1.33. The lowest BCUT2D eigenvalue weighted by atomic mass is 9.98. The van der Waals surface area contributed by atoms with Crippen LogP contribution in [0.15, 0.2) is 71.1 Å². The van der Waals surface area contributed by atoms with Gasteiger partial charge in [-0.25, -0.2) is 17.8 Å². The molecule has 1 aromatic heterocycles. The molecule has 0 saturated heterocycles. The quantitative estimate of drug-likeness (QED) is 0.640. The average Bonchev–Trinajstić information content (AvgIpc) is 3.37. The Morgan fingerprint density at radius 1 is 1.17 bits per heavy atom. The largest absolute Gasteiger partial charge is 0.284 e. The van der Waals surface area contributed by atoms with Crippen LogP contribution in [0.2, 0.25) is 0 Å². The Balaban J connectivity index is 1.70. The summed E-state index contributed by atoms with van der Waals surface area (Å²) in [5.74, 6) is -0.590. The Morgan fingerprint density at radius 2 is 1.93 bits per heavy atom. The zero-order chi connectivity index (χ0) is 21.3. The van der Waals surface area contributed by atoms with Crippen molar-refractivity contribution in [3.63, 3.8) is 0 Å². The molecule has 0 radical (unpaired) electrons. The minimum Gasteiger partial charge on any atom is -0.284 e. The molecule has 1 aliphatic heterocycles. The summed E-state index contributed by atoms with van der Waals surface area (Å²) in [5, 5.41) is 7.81. The number of carbonyl (C=O) groups excluding carboxylic acids is 1. The number of thiophene rings is 1. The number of sulfonamides is 1. The highest BCUT2D eigenvalue weighted by molar-refractivity contribution is 7.92. The maximum Gasteiger partial charge on any atom is 0.284 e. The van der Waals surface area contributed by atoms with E-state index in [2.05, 4.69) is 9.82 Å². The van der Waals surface area contributed by atoms with E-state index < -0.39 is 10.0 Å². The van der Waals surface area contributed by atoms with Crippen molar-refractivity contribution in [2.24, 2.45) is 5.10 Å². The third-order valence-electron chi connectivity index (χ3n) is 4.60. The molecule has 0 spiro atoms. The fourth-order valence-corrected chi connectivity index (χ4v) is 4.52. The van der Waals surface area contributed by atoms with Crippen LogP contribution in [0.4, 0.5) is 10.1 Å². The maximum atomic E-state index is 13.4. The first-order chi connectivity index (χ1) is 14.3. The summed E-state index contributed by atoms with van der Waals surface area (Å²) in [4.78, 5) is 13.6. The van der Waals surface area contributed by atoms with E-state index in [1.54, 1.807) is 42.5 Å². The number of amides is 1. The van der Waals surface area contributed by atoms with Gasteiger partial charge in [0, 0.05) is 12.1 Å². The third kappa shape index (κ3) is 4.42. The topological polar surface area (TPSA) is 78.8 Å². The summed E-state index contributed by atoms with van der Waals surface area (Å²) < 4.78 is 39.0. The summed E-state index contributed by atoms with van der Waals surface area (Å²) in [7, 11) is -3.42. The summed E-state index contributed by atoms with van der Waals surface area (Å²) in [6.07, 6.45) is 1.50. The van der Waals surface area contributed by atoms with E-state index in [9.17, 15) is 17.6 Å². The van der Waals surface area contributed by atoms with E-state index in [-0.39, 0.29) is 17.8 Å². The highest BCUT2D eigenvalue weighted by atomic mass is 32.2. The number of halogens is 1. The van der Waals surface area contributed by atoms with Crippen LogP contribution in [0.3, 0.4) is 0 Å². The van der Waals surface area contributed by atoms with Gasteiger partial charge in [-0.2, -0.15) is 5.10 Å². The molecule has 1 atom stereocenters. The molecular formula is C21H18FN3O3S2. The van der Waals surface area contributed by atoms with Crippen molar-refractivity contribution in [2.75, 3.05) is 11.0 Å². The Hall–Kier alpha value is -3.04. The molecule has 1 N–H and O–H groups in total. The summed E-state index contributed by atoms with van der Waals surface area (Å²) in [6.45, 7) is 0. The number of nitrogens with zero attached hydrogens (tertiary/aromatic N) is 2. The molecule has 1 unspecified atom stereocenters. The van der Waals surface area contributed by atoms with Gasteiger partial charge in [0.2, 0.25) is 10.0 Å². The van der Waals surface area contributed by atoms with Gasteiger partial charge in [-0.15, -0.1) is 11.3 Å². The molecule has 3 aromatic rings. The van der Waals surface area contributed by atoms with Gasteiger partial charge in [0.05, 0.1) is 22.9 Å². The molecule has 0 bridgehead atoms. The molecule has 9 heteroatoms. The molecule has 0 saturated carbocycles. The zero-order valence-electron chi connectivity index (χ0n) is 15.9. The number of anilines is 1. The predicted octanol–water partition coefficient (Wildman–Crippen LogP) is 4.25. The molecule has 4 rings (SSSR count). The van der Waals surface area contributed by atoms with E-state index in [4.69, 9.17) is 0 Å². The van der Waals surface area contributed by atoms with Gasteiger partial charge in [-0.1, -0.05) is 30.3 Å². The number of rotatable bonds is 5. The van der Waals surface area contributed by atoms with Crippen molar-refractivity contribution in [1.29, 1.82) is 0 Å². The molecule has 30 heavy (non-hydrogen) atoms. The van der Waals surface area contributed by atoms with Gasteiger partial charge >= 0.3 is 0 Å². The Morgan fingerprint density at radius 3 is 2.60 bits per heavy atom. The Kier molecular flexibility index (Phi) is 5.40. The number of benzene rings is 2. The lowest BCUT2D eigenvalue weighted by molar-refractivity contribution is 0.0716. The van der Waals surface area contributed by atoms with Crippen molar-refractivity contribution < 1.29 is 17.6 Å². The van der Waals surface area contributed by atoms with Gasteiger partial charge < -0.3 is 0 Å². The van der Waals surface area contributed by atoms with Gasteiger partial charge in [-0.3, -0.25) is 9.52 Å². The van der Waals surface area contributed by atoms with Crippen LogP contribution in [-0.2, 0) is 10.0 Å². The summed E-state index contributed by atoms with van der Waals surface area (Å²) in [6, 6.07) is 16.0. The molecule has 0 fully saturated rings. The molecule has 1 amide bonds. The Bertz CT molecular complexity index is 1210. The van der Waals surface area contributed by atoms with Crippen molar-refractivity contribution in [3.8, 4) is 0 Å². The summed E-state index contributed by atoms with van der Waals surface area (Å²) in [5.41, 5.74) is 2.54. The van der Waals surface area contributed by atoms with Crippen LogP contribution in [0.1, 0.15) is 33.3 Å². The standard InChI is InChI=1S/C21H18FN3O3S2/c1-30(27,28)24-17-5-2-4-15(12-17)18-13-19(14-7-9-16(22)10-8-14)25(23-18)21(26)20-6-3-11-29-20/h2-12,19,24H,13H2,1H3. The molecule has 1 aliphatic rings. The van der Waals surface area contributed by atoms with Crippen molar-refractivity contribution >= 4 is 38.7 Å². The van der Waals surface area contributed by atoms with Crippen LogP contribution in [0.25, 0.3) is 0 Å². The second-order valence-corrected chi connectivity index (χ2v) is 9.60. The van der Waals surface area contributed by atoms with Crippen molar-refractivity contribution in [2.45, 2.75) is 12.5 Å². The van der Waals surface area contributed by atoms with Crippen LogP contribution >= 0.6 is 11.3 Å². The van der Waals surface area contributed by atoms with Crippen LogP contribution in [0.5, 0.6) is 0 Å². The molecular weight excluding hydrogens is 425 g/mol. The highest BCUT2D eigenvalue weighted by Crippen LogP contribution is 2.35. The van der Waals surface area contributed by atoms with Crippen molar-refractivity contribution in [3.05, 3.63) is 87.9 Å². The lowest BCUT2D eigenvalue weighted by Crippen LogP contribution is -2.26. The number of nitrogens with one attached hydrogen (secondary N) is 1. The van der Waals surface area contributed by atoms with Gasteiger partial charge in [0.25, 0.3) is 5.91 Å². The fourth-order valence-electron chi connectivity index (χ4n) is 3.31. The monoisotopic (exact) mass is 443 g/mol. The van der Waals surface area contributed by atoms with E-state index in [1.807, 2.05) is 11.4 Å². The molecule has 0 aliphatic carbocycles. The van der Waals surface area contributed by atoms with E-state index in [0.29, 0.717) is 28.3 Å². The predicted molar refractivity (Wildman–Crippen MR) is 116 cm³/mol. The molecule has 2 aromatic carbocycles. The average molecular weight is 444 g/mol. The highest BCUT2D eigenvalue weighted by Gasteiger charge is 2.34. The van der Waals surface area contributed by atoms with Gasteiger partial charge in [0.1, 0.15) is 5.82 Å². The molecule has 154 valence electrons. The minimum absolute atomic E-state index is 0.236. The SMILES string of the molecule is CS(=O)(=O)Nc1cccc(C2=NN(C(=O)c3cccs3)C(c3ccc(F)cc3)C2)c1. The number of carbonyl (C=O) groups is 1. The third-order valence-corrected chi connectivity index (χ3v) is 6.07. The van der Waals surface area contributed by atoms with E-state index >= 15 is 0 Å². The number of hydrogen-bond donors (Lipinski definition) is 1. The molecule has 6 nitrogen and oxygen atoms in total. The van der Waals surface area contributed by atoms with Crippen LogP contribution < -0.4 is 4.72 Å². The number of hydrazone groups is 1. The van der Waals surface area contributed by atoms with Gasteiger partial charge in [0.15, 0.2) is 0 Å². The molecule has 2 heterocycles. The van der Waals surface area contributed by atoms with Crippen LogP contribution in [0, 0.1) is 5.82 Å². The van der Waals surface area contributed by atoms with Gasteiger partial charge in [-0.05, 0) is 46.8 Å². The van der Waals surface area contributed by atoms with Crippen LogP contribution in [-0.4, -0.2) is 31.3 Å². The smallest absolute Gasteiger partial charge is 0.284 e. The minimum atomic E-state index is -3.42. The van der Waals surface area contributed by atoms with E-state index in [1.165, 1.54) is 28.5 Å². The second kappa shape index (κ2) is 8.00. The first kappa shape index (κ1) is 20.2. The number of hydrogen-bond acceptors (Lipinski definition) is 5. The lowest BCUT2D eigenvalue weighted by Gasteiger charge is -2.21. The first-order valence-corrected chi connectivity index (χ1v) is 11.9.